The zero-order valence-electron chi connectivity index (χ0n) is 26.8. The highest BCUT2D eigenvalue weighted by Crippen LogP contribution is 2.24. The number of benzene rings is 1. The number of rotatable bonds is 11. The molecule has 0 bridgehead atoms. The number of carbonyl (C=O) groups excluding carboxylic acids is 1. The fraction of sp³-hybridized carbons (Fsp3) is 0.152. The summed E-state index contributed by atoms with van der Waals surface area (Å²) in [5, 5.41) is 11.9. The summed E-state index contributed by atoms with van der Waals surface area (Å²) in [6.45, 7) is 1.90. The van der Waals surface area contributed by atoms with Crippen LogP contribution in [-0.2, 0) is 34.7 Å². The number of fused-ring (bicyclic) bond motifs is 1. The van der Waals surface area contributed by atoms with Crippen LogP contribution in [0.4, 0.5) is 14.5 Å². The normalized spacial score (nSPS) is 12.1. The van der Waals surface area contributed by atoms with E-state index in [2.05, 4.69) is 30.2 Å². The lowest BCUT2D eigenvalue weighted by Gasteiger charge is -2.16. The molecule has 0 spiro atoms. The van der Waals surface area contributed by atoms with Gasteiger partial charge in [-0.2, -0.15) is 8.42 Å². The van der Waals surface area contributed by atoms with Crippen molar-refractivity contribution in [3.63, 3.8) is 0 Å². The molecule has 1 atom stereocenters. The van der Waals surface area contributed by atoms with E-state index in [0.717, 1.165) is 6.07 Å². The Morgan fingerprint density at radius 1 is 0.922 bits per heavy atom. The van der Waals surface area contributed by atoms with Crippen molar-refractivity contribution in [1.29, 1.82) is 0 Å². The van der Waals surface area contributed by atoms with E-state index in [1.165, 1.54) is 47.7 Å². The van der Waals surface area contributed by atoms with Crippen molar-refractivity contribution in [3.05, 3.63) is 119 Å². The Bertz CT molecular complexity index is 2450. The fourth-order valence-corrected chi connectivity index (χ4v) is 6.16. The van der Waals surface area contributed by atoms with E-state index in [4.69, 9.17) is 0 Å². The zero-order valence-corrected chi connectivity index (χ0v) is 27.6. The molecule has 15 nitrogen and oxygen atoms in total. The Balaban J connectivity index is 1.14. The molecule has 260 valence electrons. The molecule has 6 aromatic rings. The second kappa shape index (κ2) is 13.8. The maximum atomic E-state index is 15.1. The van der Waals surface area contributed by atoms with E-state index >= 15 is 8.78 Å². The molecule has 0 unspecified atom stereocenters. The molecule has 0 fully saturated rings. The van der Waals surface area contributed by atoms with Crippen molar-refractivity contribution < 1.29 is 31.9 Å². The van der Waals surface area contributed by atoms with E-state index in [1.807, 2.05) is 11.6 Å². The molecule has 1 amide bonds. The van der Waals surface area contributed by atoms with Crippen molar-refractivity contribution in [1.82, 2.24) is 39.6 Å². The topological polar surface area (TPSA) is 204 Å². The number of hydrogen-bond acceptors (Lipinski definition) is 10. The number of pyridine rings is 3. The van der Waals surface area contributed by atoms with Gasteiger partial charge in [-0.1, -0.05) is 6.92 Å². The van der Waals surface area contributed by atoms with Crippen molar-refractivity contribution in [2.75, 3.05) is 4.72 Å². The molecule has 0 saturated heterocycles. The number of anilines is 1. The highest BCUT2D eigenvalue weighted by atomic mass is 32.2. The molecular formula is C33H27F2N9O6S. The number of hydrogen-bond donors (Lipinski definition) is 3. The van der Waals surface area contributed by atoms with Crippen LogP contribution in [0.15, 0.2) is 89.5 Å². The monoisotopic (exact) mass is 715 g/mol. The standard InChI is InChI=1S/C33H27F2N9O6S/c1-3-29-38-14-19(15-39-29)18-4-7-30(40-13-18)51(49,50)42-26-12-24(34)23(11-25(26)35)31(45)41-27(33(47)48)10-20-5-6-21(16-37-20)44-32(46)22-8-9-36-17-28(22)43(44)2/h4-9,11-17,27,42H,3,10H2,1-2H3,(H,41,45)(H,47,48)/t27-/m0/s1. The number of carbonyl (C=O) groups is 2. The lowest BCUT2D eigenvalue weighted by Crippen LogP contribution is -2.42. The van der Waals surface area contributed by atoms with Crippen LogP contribution in [0.25, 0.3) is 27.7 Å². The molecule has 6 rings (SSSR count). The van der Waals surface area contributed by atoms with Gasteiger partial charge in [-0.3, -0.25) is 29.0 Å². The van der Waals surface area contributed by atoms with Gasteiger partial charge in [0.05, 0.1) is 40.2 Å². The lowest BCUT2D eigenvalue weighted by atomic mass is 10.1. The number of carboxylic acid groups (broad SMARTS) is 1. The molecule has 0 radical (unpaired) electrons. The first kappa shape index (κ1) is 34.4. The molecule has 3 N–H and O–H groups in total. The summed E-state index contributed by atoms with van der Waals surface area (Å²) < 4.78 is 60.9. The van der Waals surface area contributed by atoms with Crippen molar-refractivity contribution in [3.8, 4) is 16.8 Å². The molecule has 0 aliphatic carbocycles. The Morgan fingerprint density at radius 2 is 1.67 bits per heavy atom. The smallest absolute Gasteiger partial charge is 0.326 e. The molecule has 0 aliphatic rings. The Kier molecular flexibility index (Phi) is 9.33. The van der Waals surface area contributed by atoms with Gasteiger partial charge in [-0.15, -0.1) is 0 Å². The SMILES string of the molecule is CCc1ncc(-c2ccc(S(=O)(=O)Nc3cc(F)c(C(=O)N[C@@H](Cc4ccc(-n5c(=O)c6ccncc6n5C)cn4)C(=O)O)cc3F)nc2)cn1. The second-order valence-electron chi connectivity index (χ2n) is 11.2. The summed E-state index contributed by atoms with van der Waals surface area (Å²) >= 11 is 0. The molecular weight excluding hydrogens is 688 g/mol. The second-order valence-corrected chi connectivity index (χ2v) is 12.8. The zero-order chi connectivity index (χ0) is 36.4. The van der Waals surface area contributed by atoms with Crippen LogP contribution in [0.5, 0.6) is 0 Å². The number of nitrogens with zero attached hydrogens (tertiary/aromatic N) is 7. The first-order valence-electron chi connectivity index (χ1n) is 15.2. The van der Waals surface area contributed by atoms with Gasteiger partial charge < -0.3 is 10.4 Å². The summed E-state index contributed by atoms with van der Waals surface area (Å²) in [5.74, 6) is -4.76. The third-order valence-corrected chi connectivity index (χ3v) is 9.13. The Labute approximate surface area is 287 Å². The maximum absolute atomic E-state index is 15.1. The van der Waals surface area contributed by atoms with Crippen LogP contribution in [-0.4, -0.2) is 65.7 Å². The quantitative estimate of drug-likeness (QED) is 0.178. The number of halogens is 2. The summed E-state index contributed by atoms with van der Waals surface area (Å²) in [6, 6.07) is 6.48. The largest absolute Gasteiger partial charge is 0.480 e. The number of aryl methyl sites for hydroxylation is 2. The number of sulfonamides is 1. The molecule has 5 heterocycles. The average Bonchev–Trinajstić information content (AvgIpc) is 3.38. The summed E-state index contributed by atoms with van der Waals surface area (Å²) in [4.78, 5) is 58.4. The predicted octanol–water partition coefficient (Wildman–Crippen LogP) is 3.04. The minimum absolute atomic E-state index is 0.209. The predicted molar refractivity (Wildman–Crippen MR) is 179 cm³/mol. The molecule has 1 aromatic carbocycles. The van der Waals surface area contributed by atoms with E-state index in [1.54, 1.807) is 30.2 Å². The van der Waals surface area contributed by atoms with Gasteiger partial charge in [0, 0.05) is 67.6 Å². The molecule has 5 aromatic heterocycles. The van der Waals surface area contributed by atoms with Gasteiger partial charge in [-0.05, 0) is 36.4 Å². The van der Waals surface area contributed by atoms with Gasteiger partial charge in [0.25, 0.3) is 21.5 Å². The number of aliphatic carboxylic acids is 1. The number of nitrogens with one attached hydrogen (secondary N) is 2. The summed E-state index contributed by atoms with van der Waals surface area (Å²) in [6.07, 6.45) is 9.06. The van der Waals surface area contributed by atoms with E-state index in [-0.39, 0.29) is 17.7 Å². The van der Waals surface area contributed by atoms with Gasteiger partial charge in [0.2, 0.25) is 0 Å². The van der Waals surface area contributed by atoms with Crippen LogP contribution < -0.4 is 15.6 Å². The van der Waals surface area contributed by atoms with Crippen LogP contribution in [0.3, 0.4) is 0 Å². The summed E-state index contributed by atoms with van der Waals surface area (Å²) in [5.41, 5.74) is 0.295. The van der Waals surface area contributed by atoms with Gasteiger partial charge >= 0.3 is 5.97 Å². The first-order valence-corrected chi connectivity index (χ1v) is 16.6. The van der Waals surface area contributed by atoms with Gasteiger partial charge in [0.1, 0.15) is 23.5 Å². The highest BCUT2D eigenvalue weighted by Gasteiger charge is 2.26. The molecule has 0 aliphatic heterocycles. The number of carboxylic acids is 1. The lowest BCUT2D eigenvalue weighted by molar-refractivity contribution is -0.139. The van der Waals surface area contributed by atoms with Gasteiger partial charge in [0.15, 0.2) is 5.03 Å². The maximum Gasteiger partial charge on any atom is 0.326 e. The van der Waals surface area contributed by atoms with Crippen molar-refractivity contribution in [2.45, 2.75) is 30.8 Å². The third kappa shape index (κ3) is 7.02. The van der Waals surface area contributed by atoms with Crippen LogP contribution in [0.2, 0.25) is 0 Å². The third-order valence-electron chi connectivity index (χ3n) is 7.85. The highest BCUT2D eigenvalue weighted by molar-refractivity contribution is 7.92. The number of amides is 1. The first-order chi connectivity index (χ1) is 24.4. The van der Waals surface area contributed by atoms with E-state index < -0.39 is 55.9 Å². The van der Waals surface area contributed by atoms with Crippen LogP contribution in [0.1, 0.15) is 28.8 Å². The average molecular weight is 716 g/mol. The van der Waals surface area contributed by atoms with E-state index in [9.17, 15) is 27.9 Å². The van der Waals surface area contributed by atoms with Gasteiger partial charge in [-0.25, -0.2) is 33.2 Å². The fourth-order valence-electron chi connectivity index (χ4n) is 5.17. The molecule has 0 saturated carbocycles. The van der Waals surface area contributed by atoms with Crippen LogP contribution in [0, 0.1) is 11.6 Å². The van der Waals surface area contributed by atoms with Crippen LogP contribution >= 0.6 is 0 Å². The van der Waals surface area contributed by atoms with E-state index in [0.29, 0.717) is 52.1 Å². The van der Waals surface area contributed by atoms with Crippen molar-refractivity contribution >= 4 is 38.5 Å². The Morgan fingerprint density at radius 3 is 2.29 bits per heavy atom. The minimum Gasteiger partial charge on any atom is -0.480 e. The molecule has 18 heteroatoms. The molecule has 51 heavy (non-hydrogen) atoms. The number of aromatic nitrogens is 7. The summed E-state index contributed by atoms with van der Waals surface area (Å²) in [7, 11) is -2.83. The Hall–Kier alpha value is -6.43. The van der Waals surface area contributed by atoms with Crippen molar-refractivity contribution in [2.24, 2.45) is 7.05 Å². The minimum atomic E-state index is -4.50.